The van der Waals surface area contributed by atoms with Gasteiger partial charge in [0.25, 0.3) is 0 Å². The molecule has 31 heavy (non-hydrogen) atoms. The average molecular weight is 395 g/mol. The van der Waals surface area contributed by atoms with Crippen LogP contribution in [0.1, 0.15) is 0 Å². The van der Waals surface area contributed by atoms with Crippen molar-refractivity contribution in [2.24, 2.45) is 0 Å². The van der Waals surface area contributed by atoms with Crippen molar-refractivity contribution >= 4 is 45.7 Å². The van der Waals surface area contributed by atoms with E-state index in [1.165, 1.54) is 38.6 Å². The maximum atomic E-state index is 6.67. The second kappa shape index (κ2) is 6.26. The summed E-state index contributed by atoms with van der Waals surface area (Å²) in [4.78, 5) is 2.38. The molecule has 0 spiro atoms. The van der Waals surface area contributed by atoms with E-state index in [1.54, 1.807) is 0 Å². The largest absolute Gasteiger partial charge is 0.551 e. The molecule has 0 fully saturated rings. The van der Waals surface area contributed by atoms with Gasteiger partial charge >= 0.3 is 6.92 Å². The molecule has 0 bridgehead atoms. The van der Waals surface area contributed by atoms with Crippen LogP contribution in [-0.2, 0) is 0 Å². The maximum absolute atomic E-state index is 6.67. The molecule has 5 aromatic carbocycles. The van der Waals surface area contributed by atoms with Crippen LogP contribution in [0.15, 0.2) is 109 Å². The van der Waals surface area contributed by atoms with Crippen molar-refractivity contribution in [1.29, 1.82) is 0 Å². The predicted octanol–water partition coefficient (Wildman–Crippen LogP) is 5.79. The Labute approximate surface area is 181 Å². The van der Waals surface area contributed by atoms with Gasteiger partial charge in [-0.15, -0.1) is 0 Å². The zero-order valence-electron chi connectivity index (χ0n) is 16.8. The highest BCUT2D eigenvalue weighted by Crippen LogP contribution is 2.43. The third-order valence-electron chi connectivity index (χ3n) is 6.44. The highest BCUT2D eigenvalue weighted by Gasteiger charge is 2.42. The second-order valence-corrected chi connectivity index (χ2v) is 8.16. The van der Waals surface area contributed by atoms with E-state index in [9.17, 15) is 0 Å². The van der Waals surface area contributed by atoms with Crippen LogP contribution in [0.25, 0.3) is 21.9 Å². The molecule has 0 saturated heterocycles. The smallest absolute Gasteiger partial charge is 0.431 e. The highest BCUT2D eigenvalue weighted by atomic mass is 16.4. The van der Waals surface area contributed by atoms with Crippen LogP contribution < -0.4 is 20.5 Å². The van der Waals surface area contributed by atoms with Crippen molar-refractivity contribution in [2.45, 2.75) is 0 Å². The molecule has 5 aromatic rings. The zero-order chi connectivity index (χ0) is 20.4. The van der Waals surface area contributed by atoms with E-state index in [0.717, 1.165) is 17.0 Å². The molecule has 0 amide bonds. The number of hydrogen-bond donors (Lipinski definition) is 0. The van der Waals surface area contributed by atoms with Gasteiger partial charge in [-0.2, -0.15) is 0 Å². The van der Waals surface area contributed by atoms with E-state index in [0.29, 0.717) is 0 Å². The lowest BCUT2D eigenvalue weighted by molar-refractivity contribution is 0.590. The fourth-order valence-electron chi connectivity index (χ4n) is 5.09. The Balaban J connectivity index is 1.60. The fourth-order valence-corrected chi connectivity index (χ4v) is 5.09. The Kier molecular flexibility index (Phi) is 3.39. The van der Waals surface area contributed by atoms with Gasteiger partial charge in [0.2, 0.25) is 0 Å². The summed E-state index contributed by atoms with van der Waals surface area (Å²) in [6, 6.07) is 38.8. The first-order chi connectivity index (χ1) is 15.4. The van der Waals surface area contributed by atoms with Gasteiger partial charge in [-0.05, 0) is 52.1 Å². The first kappa shape index (κ1) is 16.8. The Bertz CT molecular complexity index is 1480. The van der Waals surface area contributed by atoms with Gasteiger partial charge < -0.3 is 9.55 Å². The summed E-state index contributed by atoms with van der Waals surface area (Å²) in [7, 11) is 0. The molecular formula is C28H18BNO. The van der Waals surface area contributed by atoms with Crippen LogP contribution in [0.5, 0.6) is 5.75 Å². The molecule has 2 aliphatic rings. The van der Waals surface area contributed by atoms with Crippen LogP contribution in [0.4, 0.5) is 17.1 Å². The first-order valence-corrected chi connectivity index (χ1v) is 10.7. The van der Waals surface area contributed by atoms with E-state index in [2.05, 4.69) is 108 Å². The van der Waals surface area contributed by atoms with E-state index in [1.807, 2.05) is 6.07 Å². The number of benzene rings is 5. The van der Waals surface area contributed by atoms with Crippen molar-refractivity contribution in [3.63, 3.8) is 0 Å². The third-order valence-corrected chi connectivity index (χ3v) is 6.44. The summed E-state index contributed by atoms with van der Waals surface area (Å²) in [6.07, 6.45) is 0. The Morgan fingerprint density at radius 3 is 2.16 bits per heavy atom. The summed E-state index contributed by atoms with van der Waals surface area (Å²) in [5.74, 6) is 0.949. The summed E-state index contributed by atoms with van der Waals surface area (Å²) in [5, 5.41) is 2.47. The Morgan fingerprint density at radius 1 is 0.581 bits per heavy atom. The SMILES string of the molecule is c1ccc(N2c3cc4ccccc4cc3B3Oc4ccccc4-c4cccc2c43)cc1. The molecule has 0 unspecified atom stereocenters. The summed E-state index contributed by atoms with van der Waals surface area (Å²) in [6.45, 7) is -0.124. The van der Waals surface area contributed by atoms with Crippen molar-refractivity contribution < 1.29 is 4.65 Å². The maximum Gasteiger partial charge on any atom is 0.431 e. The minimum absolute atomic E-state index is 0.124. The van der Waals surface area contributed by atoms with E-state index >= 15 is 0 Å². The molecule has 0 radical (unpaired) electrons. The van der Waals surface area contributed by atoms with Crippen LogP contribution >= 0.6 is 0 Å². The number of rotatable bonds is 1. The van der Waals surface area contributed by atoms with Gasteiger partial charge in [0, 0.05) is 28.1 Å². The number of fused-ring (bicyclic) bond motifs is 5. The minimum Gasteiger partial charge on any atom is -0.551 e. The molecule has 2 heterocycles. The van der Waals surface area contributed by atoms with Crippen molar-refractivity contribution in [1.82, 2.24) is 0 Å². The monoisotopic (exact) mass is 395 g/mol. The lowest BCUT2D eigenvalue weighted by Crippen LogP contribution is -2.56. The molecule has 2 nitrogen and oxygen atoms in total. The van der Waals surface area contributed by atoms with E-state index in [-0.39, 0.29) is 6.92 Å². The number of nitrogens with zero attached hydrogens (tertiary/aromatic N) is 1. The van der Waals surface area contributed by atoms with Crippen molar-refractivity contribution in [3.8, 4) is 16.9 Å². The molecule has 0 atom stereocenters. The molecule has 144 valence electrons. The lowest BCUT2D eigenvalue weighted by Gasteiger charge is -2.39. The normalized spacial score (nSPS) is 13.3. The molecule has 0 N–H and O–H groups in total. The number of para-hydroxylation sites is 2. The lowest BCUT2D eigenvalue weighted by atomic mass is 9.49. The highest BCUT2D eigenvalue weighted by molar-refractivity contribution is 6.85. The van der Waals surface area contributed by atoms with Crippen LogP contribution in [0, 0.1) is 0 Å². The first-order valence-electron chi connectivity index (χ1n) is 10.7. The number of anilines is 3. The summed E-state index contributed by atoms with van der Waals surface area (Å²) in [5.41, 5.74) is 8.39. The van der Waals surface area contributed by atoms with Gasteiger partial charge in [-0.25, -0.2) is 0 Å². The minimum atomic E-state index is -0.124. The van der Waals surface area contributed by atoms with Crippen LogP contribution in [-0.4, -0.2) is 6.92 Å². The van der Waals surface area contributed by atoms with E-state index < -0.39 is 0 Å². The Morgan fingerprint density at radius 2 is 1.29 bits per heavy atom. The van der Waals surface area contributed by atoms with Crippen LogP contribution in [0.2, 0.25) is 0 Å². The molecule has 0 aromatic heterocycles. The molecule has 0 aliphatic carbocycles. The third kappa shape index (κ3) is 2.35. The van der Waals surface area contributed by atoms with Crippen molar-refractivity contribution in [2.75, 3.05) is 4.90 Å². The Hall–Kier alpha value is -3.98. The number of hydrogen-bond acceptors (Lipinski definition) is 2. The van der Waals surface area contributed by atoms with E-state index in [4.69, 9.17) is 4.65 Å². The van der Waals surface area contributed by atoms with Crippen LogP contribution in [0.3, 0.4) is 0 Å². The fraction of sp³-hybridized carbons (Fsp3) is 0. The van der Waals surface area contributed by atoms with Gasteiger partial charge in [0.15, 0.2) is 0 Å². The van der Waals surface area contributed by atoms with Gasteiger partial charge in [0.1, 0.15) is 5.75 Å². The zero-order valence-corrected chi connectivity index (χ0v) is 16.8. The van der Waals surface area contributed by atoms with Gasteiger partial charge in [0.05, 0.1) is 0 Å². The average Bonchev–Trinajstić information content (AvgIpc) is 2.84. The molecule has 2 aliphatic heterocycles. The van der Waals surface area contributed by atoms with Gasteiger partial charge in [-0.3, -0.25) is 0 Å². The predicted molar refractivity (Wildman–Crippen MR) is 130 cm³/mol. The summed E-state index contributed by atoms with van der Waals surface area (Å²) < 4.78 is 6.67. The molecular weight excluding hydrogens is 377 g/mol. The second-order valence-electron chi connectivity index (χ2n) is 8.16. The molecule has 7 rings (SSSR count). The quantitative estimate of drug-likeness (QED) is 0.333. The standard InChI is InChI=1S/C28H18BNO/c1-2-11-21(12-3-1)30-25-15-8-14-23-22-13-6-7-16-27(22)31-29(28(23)25)24-17-19-9-4-5-10-20(19)18-26(24)30/h1-18H. The summed E-state index contributed by atoms with van der Waals surface area (Å²) >= 11 is 0. The molecule has 0 saturated carbocycles. The molecule has 3 heteroatoms. The van der Waals surface area contributed by atoms with Gasteiger partial charge in [-0.1, -0.05) is 78.9 Å². The van der Waals surface area contributed by atoms with Crippen molar-refractivity contribution in [3.05, 3.63) is 109 Å². The topological polar surface area (TPSA) is 12.5 Å².